The van der Waals surface area contributed by atoms with E-state index in [0.717, 1.165) is 18.5 Å². The van der Waals surface area contributed by atoms with Crippen LogP contribution in [0.15, 0.2) is 30.3 Å². The van der Waals surface area contributed by atoms with Crippen molar-refractivity contribution in [1.82, 2.24) is 0 Å². The summed E-state index contributed by atoms with van der Waals surface area (Å²) >= 11 is 0. The maximum absolute atomic E-state index is 11.7. The molecule has 3 heteroatoms. The van der Waals surface area contributed by atoms with Gasteiger partial charge in [0.05, 0.1) is 5.41 Å². The van der Waals surface area contributed by atoms with Gasteiger partial charge >= 0.3 is 0 Å². The molecular formula is C11H14N2O. The first-order valence-electron chi connectivity index (χ1n) is 4.83. The van der Waals surface area contributed by atoms with Gasteiger partial charge in [-0.15, -0.1) is 0 Å². The molecule has 0 saturated heterocycles. The van der Waals surface area contributed by atoms with Crippen molar-refractivity contribution < 1.29 is 4.79 Å². The van der Waals surface area contributed by atoms with E-state index in [1.54, 1.807) is 0 Å². The maximum atomic E-state index is 11.7. The Hall–Kier alpha value is -1.35. The van der Waals surface area contributed by atoms with Gasteiger partial charge < -0.3 is 11.1 Å². The Morgan fingerprint density at radius 3 is 2.50 bits per heavy atom. The van der Waals surface area contributed by atoms with Gasteiger partial charge in [-0.2, -0.15) is 0 Å². The number of nitrogens with two attached hydrogens (primary N) is 1. The van der Waals surface area contributed by atoms with E-state index in [4.69, 9.17) is 5.73 Å². The number of amides is 1. The predicted octanol–water partition coefficient (Wildman–Crippen LogP) is 1.36. The molecule has 1 fully saturated rings. The first kappa shape index (κ1) is 9.21. The largest absolute Gasteiger partial charge is 0.329 e. The average Bonchev–Trinajstić information content (AvgIpc) is 3.00. The van der Waals surface area contributed by atoms with Crippen LogP contribution in [0.25, 0.3) is 0 Å². The van der Waals surface area contributed by atoms with Crippen LogP contribution in [0.3, 0.4) is 0 Å². The van der Waals surface area contributed by atoms with Crippen LogP contribution in [0.5, 0.6) is 0 Å². The topological polar surface area (TPSA) is 55.1 Å². The van der Waals surface area contributed by atoms with E-state index in [1.165, 1.54) is 0 Å². The van der Waals surface area contributed by atoms with Gasteiger partial charge in [0.25, 0.3) is 0 Å². The SMILES string of the molecule is NCC1(C(=O)Nc2ccccc2)CC1. The summed E-state index contributed by atoms with van der Waals surface area (Å²) in [4.78, 5) is 11.7. The second-order valence-corrected chi connectivity index (χ2v) is 3.80. The quantitative estimate of drug-likeness (QED) is 0.756. The van der Waals surface area contributed by atoms with Crippen molar-refractivity contribution in [2.24, 2.45) is 11.1 Å². The van der Waals surface area contributed by atoms with Crippen LogP contribution in [0.2, 0.25) is 0 Å². The lowest BCUT2D eigenvalue weighted by molar-refractivity contribution is -0.120. The second kappa shape index (κ2) is 3.42. The van der Waals surface area contributed by atoms with Crippen LogP contribution in [0.1, 0.15) is 12.8 Å². The second-order valence-electron chi connectivity index (χ2n) is 3.80. The Labute approximate surface area is 83.3 Å². The zero-order chi connectivity index (χ0) is 10.0. The van der Waals surface area contributed by atoms with E-state index in [1.807, 2.05) is 30.3 Å². The van der Waals surface area contributed by atoms with Crippen molar-refractivity contribution in [1.29, 1.82) is 0 Å². The van der Waals surface area contributed by atoms with Gasteiger partial charge in [-0.25, -0.2) is 0 Å². The first-order valence-corrected chi connectivity index (χ1v) is 4.83. The summed E-state index contributed by atoms with van der Waals surface area (Å²) in [6.45, 7) is 0.450. The van der Waals surface area contributed by atoms with E-state index in [2.05, 4.69) is 5.32 Å². The lowest BCUT2D eigenvalue weighted by atomic mass is 10.1. The van der Waals surface area contributed by atoms with Crippen LogP contribution in [-0.2, 0) is 4.79 Å². The van der Waals surface area contributed by atoms with Gasteiger partial charge in [-0.05, 0) is 25.0 Å². The standard InChI is InChI=1S/C11H14N2O/c12-8-11(6-7-11)10(14)13-9-4-2-1-3-5-9/h1-5H,6-8,12H2,(H,13,14). The van der Waals surface area contributed by atoms with Crippen molar-refractivity contribution >= 4 is 11.6 Å². The average molecular weight is 190 g/mol. The number of benzene rings is 1. The van der Waals surface area contributed by atoms with Gasteiger partial charge in [0, 0.05) is 12.2 Å². The van der Waals surface area contributed by atoms with Crippen LogP contribution in [0.4, 0.5) is 5.69 Å². The van der Waals surface area contributed by atoms with Crippen LogP contribution in [0, 0.1) is 5.41 Å². The normalized spacial score (nSPS) is 17.5. The van der Waals surface area contributed by atoms with Gasteiger partial charge in [0.1, 0.15) is 0 Å². The van der Waals surface area contributed by atoms with E-state index in [0.29, 0.717) is 6.54 Å². The molecule has 0 atom stereocenters. The molecule has 1 saturated carbocycles. The third kappa shape index (κ3) is 1.63. The van der Waals surface area contributed by atoms with Crippen molar-refractivity contribution in [3.63, 3.8) is 0 Å². The summed E-state index contributed by atoms with van der Waals surface area (Å²) in [6.07, 6.45) is 1.84. The fraction of sp³-hybridized carbons (Fsp3) is 0.364. The monoisotopic (exact) mass is 190 g/mol. The van der Waals surface area contributed by atoms with E-state index < -0.39 is 0 Å². The van der Waals surface area contributed by atoms with Gasteiger partial charge in [-0.1, -0.05) is 18.2 Å². The maximum Gasteiger partial charge on any atom is 0.231 e. The molecule has 0 spiro atoms. The first-order chi connectivity index (χ1) is 6.77. The Balaban J connectivity index is 2.02. The zero-order valence-corrected chi connectivity index (χ0v) is 7.99. The Bertz CT molecular complexity index is 330. The molecule has 14 heavy (non-hydrogen) atoms. The highest BCUT2D eigenvalue weighted by Gasteiger charge is 2.48. The Kier molecular flexibility index (Phi) is 2.25. The molecule has 0 heterocycles. The molecule has 1 aliphatic carbocycles. The van der Waals surface area contributed by atoms with Crippen LogP contribution >= 0.6 is 0 Å². The summed E-state index contributed by atoms with van der Waals surface area (Å²) < 4.78 is 0. The van der Waals surface area contributed by atoms with Gasteiger partial charge in [-0.3, -0.25) is 4.79 Å². The van der Waals surface area contributed by atoms with Gasteiger partial charge in [0.2, 0.25) is 5.91 Å². The molecule has 0 aromatic heterocycles. The van der Waals surface area contributed by atoms with Crippen molar-refractivity contribution in [3.8, 4) is 0 Å². The molecule has 0 bridgehead atoms. The highest BCUT2D eigenvalue weighted by molar-refractivity contribution is 5.97. The lowest BCUT2D eigenvalue weighted by Crippen LogP contribution is -2.30. The molecule has 2 rings (SSSR count). The fourth-order valence-electron chi connectivity index (χ4n) is 1.46. The van der Waals surface area contributed by atoms with Crippen molar-refractivity contribution in [2.45, 2.75) is 12.8 Å². The zero-order valence-electron chi connectivity index (χ0n) is 7.99. The summed E-state index contributed by atoms with van der Waals surface area (Å²) in [6, 6.07) is 9.48. The number of rotatable bonds is 3. The molecule has 74 valence electrons. The molecule has 1 aromatic rings. The van der Waals surface area contributed by atoms with Crippen molar-refractivity contribution in [2.75, 3.05) is 11.9 Å². The number of para-hydroxylation sites is 1. The van der Waals surface area contributed by atoms with E-state index >= 15 is 0 Å². The summed E-state index contributed by atoms with van der Waals surface area (Å²) in [5.41, 5.74) is 6.14. The summed E-state index contributed by atoms with van der Waals surface area (Å²) in [5.74, 6) is 0.0613. The number of carbonyl (C=O) groups is 1. The predicted molar refractivity (Wildman–Crippen MR) is 55.8 cm³/mol. The molecule has 3 nitrogen and oxygen atoms in total. The number of hydrogen-bond donors (Lipinski definition) is 2. The number of carbonyl (C=O) groups excluding carboxylic acids is 1. The molecule has 0 unspecified atom stereocenters. The molecular weight excluding hydrogens is 176 g/mol. The molecule has 3 N–H and O–H groups in total. The Morgan fingerprint density at radius 2 is 2.00 bits per heavy atom. The third-order valence-corrected chi connectivity index (χ3v) is 2.76. The minimum atomic E-state index is -0.268. The summed E-state index contributed by atoms with van der Waals surface area (Å²) in [7, 11) is 0. The van der Waals surface area contributed by atoms with E-state index in [-0.39, 0.29) is 11.3 Å². The minimum Gasteiger partial charge on any atom is -0.329 e. The number of nitrogens with one attached hydrogen (secondary N) is 1. The van der Waals surface area contributed by atoms with Gasteiger partial charge in [0.15, 0.2) is 0 Å². The molecule has 1 aliphatic rings. The van der Waals surface area contributed by atoms with Crippen molar-refractivity contribution in [3.05, 3.63) is 30.3 Å². The minimum absolute atomic E-state index is 0.0613. The molecule has 0 radical (unpaired) electrons. The highest BCUT2D eigenvalue weighted by atomic mass is 16.2. The lowest BCUT2D eigenvalue weighted by Gasteiger charge is -2.12. The number of anilines is 1. The smallest absolute Gasteiger partial charge is 0.231 e. The van der Waals surface area contributed by atoms with Crippen LogP contribution < -0.4 is 11.1 Å². The summed E-state index contributed by atoms with van der Waals surface area (Å²) in [5, 5.41) is 2.88. The molecule has 0 aliphatic heterocycles. The fourth-order valence-corrected chi connectivity index (χ4v) is 1.46. The van der Waals surface area contributed by atoms with Crippen LogP contribution in [-0.4, -0.2) is 12.5 Å². The molecule has 1 amide bonds. The number of hydrogen-bond acceptors (Lipinski definition) is 2. The highest BCUT2D eigenvalue weighted by Crippen LogP contribution is 2.45. The third-order valence-electron chi connectivity index (χ3n) is 2.76. The van der Waals surface area contributed by atoms with E-state index in [9.17, 15) is 4.79 Å². The Morgan fingerprint density at radius 1 is 1.36 bits per heavy atom. The molecule has 1 aromatic carbocycles.